The van der Waals surface area contributed by atoms with Gasteiger partial charge in [0.25, 0.3) is 5.19 Å². The molecule has 1 atom stereocenters. The fourth-order valence-corrected chi connectivity index (χ4v) is 3.20. The highest BCUT2D eigenvalue weighted by Gasteiger charge is 2.09. The van der Waals surface area contributed by atoms with Gasteiger partial charge in [0.2, 0.25) is 5.91 Å². The molecule has 0 spiro atoms. The number of nitrogens with zero attached hydrogens (tertiary/aromatic N) is 2. The van der Waals surface area contributed by atoms with Gasteiger partial charge in [-0.1, -0.05) is 48.9 Å². The summed E-state index contributed by atoms with van der Waals surface area (Å²) in [6.45, 7) is 6.13. The molecule has 1 N–H and O–H groups in total. The van der Waals surface area contributed by atoms with Crippen LogP contribution in [0.1, 0.15) is 42.8 Å². The van der Waals surface area contributed by atoms with Crippen LogP contribution in [0.3, 0.4) is 0 Å². The molecule has 0 saturated heterocycles. The van der Waals surface area contributed by atoms with E-state index >= 15 is 0 Å². The molecule has 1 heterocycles. The van der Waals surface area contributed by atoms with Crippen molar-refractivity contribution in [3.05, 3.63) is 71.0 Å². The summed E-state index contributed by atoms with van der Waals surface area (Å²) < 4.78 is 10.2. The van der Waals surface area contributed by atoms with Crippen LogP contribution in [0.15, 0.2) is 48.5 Å². The highest BCUT2D eigenvalue weighted by Crippen LogP contribution is 2.24. The predicted molar refractivity (Wildman–Crippen MR) is 112 cm³/mol. The Morgan fingerprint density at radius 3 is 2.46 bits per heavy atom. The zero-order chi connectivity index (χ0) is 19.9. The van der Waals surface area contributed by atoms with E-state index in [1.54, 1.807) is 0 Å². The molecule has 0 saturated carbocycles. The van der Waals surface area contributed by atoms with Gasteiger partial charge in [-0.2, -0.15) is 9.36 Å². The zero-order valence-electron chi connectivity index (χ0n) is 16.4. The first-order chi connectivity index (χ1) is 13.5. The first-order valence-electron chi connectivity index (χ1n) is 9.46. The van der Waals surface area contributed by atoms with Crippen molar-refractivity contribution in [2.75, 3.05) is 0 Å². The Bertz CT molecular complexity index is 904. The van der Waals surface area contributed by atoms with Crippen molar-refractivity contribution in [1.29, 1.82) is 0 Å². The van der Waals surface area contributed by atoms with Gasteiger partial charge in [-0.05, 0) is 43.5 Å². The number of ether oxygens (including phenoxy) is 1. The van der Waals surface area contributed by atoms with Crippen LogP contribution in [-0.4, -0.2) is 21.3 Å². The van der Waals surface area contributed by atoms with Gasteiger partial charge in [0.15, 0.2) is 5.82 Å². The van der Waals surface area contributed by atoms with Gasteiger partial charge < -0.3 is 10.1 Å². The van der Waals surface area contributed by atoms with Crippen molar-refractivity contribution >= 4 is 17.4 Å². The van der Waals surface area contributed by atoms with Gasteiger partial charge in [0, 0.05) is 24.0 Å². The molecule has 5 nitrogen and oxygen atoms in total. The van der Waals surface area contributed by atoms with Crippen LogP contribution in [0.5, 0.6) is 10.9 Å². The molecule has 1 amide bonds. The van der Waals surface area contributed by atoms with E-state index in [0.29, 0.717) is 23.8 Å². The fourth-order valence-electron chi connectivity index (χ4n) is 2.63. The molecule has 146 valence electrons. The standard InChI is InChI=1S/C22H25N3O2S/c1-4-16(3)23-21(26)14-18-9-11-19(12-10-18)27-22-24-20(25-28-22)13-17-7-5-15(2)6-8-17/h5-12,16H,4,13-14H2,1-3H3,(H,23,26). The van der Waals surface area contributed by atoms with Gasteiger partial charge in [-0.15, -0.1) is 0 Å². The topological polar surface area (TPSA) is 64.1 Å². The lowest BCUT2D eigenvalue weighted by Gasteiger charge is -2.11. The highest BCUT2D eigenvalue weighted by molar-refractivity contribution is 7.07. The van der Waals surface area contributed by atoms with E-state index in [-0.39, 0.29) is 11.9 Å². The van der Waals surface area contributed by atoms with Gasteiger partial charge in [-0.25, -0.2) is 0 Å². The molecule has 0 aliphatic rings. The van der Waals surface area contributed by atoms with Gasteiger partial charge >= 0.3 is 0 Å². The van der Waals surface area contributed by atoms with Crippen molar-refractivity contribution in [2.45, 2.75) is 46.1 Å². The van der Waals surface area contributed by atoms with Crippen molar-refractivity contribution < 1.29 is 9.53 Å². The van der Waals surface area contributed by atoms with Crippen molar-refractivity contribution in [2.24, 2.45) is 0 Å². The van der Waals surface area contributed by atoms with Crippen LogP contribution in [-0.2, 0) is 17.6 Å². The Balaban J connectivity index is 1.55. The molecular weight excluding hydrogens is 370 g/mol. The van der Waals surface area contributed by atoms with Gasteiger partial charge in [-0.3, -0.25) is 4.79 Å². The van der Waals surface area contributed by atoms with Crippen molar-refractivity contribution in [3.8, 4) is 10.9 Å². The van der Waals surface area contributed by atoms with E-state index in [1.807, 2.05) is 31.2 Å². The number of hydrogen-bond donors (Lipinski definition) is 1. The second-order valence-electron chi connectivity index (χ2n) is 6.94. The molecule has 2 aromatic carbocycles. The SMILES string of the molecule is CCC(C)NC(=O)Cc1ccc(Oc2nc(Cc3ccc(C)cc3)ns2)cc1. The average Bonchev–Trinajstić information content (AvgIpc) is 3.12. The van der Waals surface area contributed by atoms with Crippen LogP contribution in [0.2, 0.25) is 0 Å². The number of aryl methyl sites for hydroxylation is 1. The lowest BCUT2D eigenvalue weighted by atomic mass is 10.1. The molecule has 3 aromatic rings. The lowest BCUT2D eigenvalue weighted by Crippen LogP contribution is -2.33. The summed E-state index contributed by atoms with van der Waals surface area (Å²) in [5.41, 5.74) is 3.36. The summed E-state index contributed by atoms with van der Waals surface area (Å²) >= 11 is 1.24. The van der Waals surface area contributed by atoms with E-state index in [0.717, 1.165) is 17.8 Å². The van der Waals surface area contributed by atoms with Gasteiger partial charge in [0.1, 0.15) is 5.75 Å². The van der Waals surface area contributed by atoms with Crippen LogP contribution in [0.4, 0.5) is 0 Å². The normalized spacial score (nSPS) is 11.8. The predicted octanol–water partition coefficient (Wildman–Crippen LogP) is 4.69. The van der Waals surface area contributed by atoms with E-state index in [2.05, 4.69) is 52.8 Å². The van der Waals surface area contributed by atoms with Crippen LogP contribution in [0.25, 0.3) is 0 Å². The van der Waals surface area contributed by atoms with Gasteiger partial charge in [0.05, 0.1) is 6.42 Å². The number of nitrogens with one attached hydrogen (secondary N) is 1. The number of hydrogen-bond acceptors (Lipinski definition) is 5. The third-order valence-electron chi connectivity index (χ3n) is 4.45. The number of benzene rings is 2. The molecule has 1 unspecified atom stereocenters. The number of carbonyl (C=O) groups excluding carboxylic acids is 1. The van der Waals surface area contributed by atoms with E-state index in [1.165, 1.54) is 22.7 Å². The molecule has 0 bridgehead atoms. The van der Waals surface area contributed by atoms with Crippen LogP contribution < -0.4 is 10.1 Å². The maximum atomic E-state index is 12.0. The lowest BCUT2D eigenvalue weighted by molar-refractivity contribution is -0.121. The first-order valence-corrected chi connectivity index (χ1v) is 10.2. The minimum atomic E-state index is 0.0351. The Hall–Kier alpha value is -2.73. The minimum Gasteiger partial charge on any atom is -0.430 e. The quantitative estimate of drug-likeness (QED) is 0.601. The molecule has 6 heteroatoms. The first kappa shape index (κ1) is 20.0. The van der Waals surface area contributed by atoms with E-state index < -0.39 is 0 Å². The maximum absolute atomic E-state index is 12.0. The van der Waals surface area contributed by atoms with Crippen LogP contribution >= 0.6 is 11.5 Å². The Kier molecular flexibility index (Phi) is 6.76. The summed E-state index contributed by atoms with van der Waals surface area (Å²) in [6, 6.07) is 16.1. The van der Waals surface area contributed by atoms with Crippen molar-refractivity contribution in [1.82, 2.24) is 14.7 Å². The molecule has 0 fully saturated rings. The Labute approximate surface area is 170 Å². The molecule has 0 aliphatic heterocycles. The minimum absolute atomic E-state index is 0.0351. The summed E-state index contributed by atoms with van der Waals surface area (Å²) in [5.74, 6) is 1.47. The largest absolute Gasteiger partial charge is 0.430 e. The van der Waals surface area contributed by atoms with E-state index in [4.69, 9.17) is 4.74 Å². The average molecular weight is 396 g/mol. The third kappa shape index (κ3) is 5.89. The van der Waals surface area contributed by atoms with E-state index in [9.17, 15) is 4.79 Å². The smallest absolute Gasteiger partial charge is 0.298 e. The fraction of sp³-hybridized carbons (Fsp3) is 0.318. The number of rotatable bonds is 8. The Morgan fingerprint density at radius 1 is 1.11 bits per heavy atom. The maximum Gasteiger partial charge on any atom is 0.298 e. The molecule has 0 radical (unpaired) electrons. The molecule has 1 aromatic heterocycles. The number of amides is 1. The monoisotopic (exact) mass is 395 g/mol. The highest BCUT2D eigenvalue weighted by atomic mass is 32.1. The summed E-state index contributed by atoms with van der Waals surface area (Å²) in [4.78, 5) is 16.4. The summed E-state index contributed by atoms with van der Waals surface area (Å²) in [6.07, 6.45) is 1.97. The number of aromatic nitrogens is 2. The second-order valence-corrected chi connectivity index (χ2v) is 7.65. The second kappa shape index (κ2) is 9.46. The zero-order valence-corrected chi connectivity index (χ0v) is 17.3. The molecular formula is C22H25N3O2S. The number of carbonyl (C=O) groups is 1. The van der Waals surface area contributed by atoms with Crippen molar-refractivity contribution in [3.63, 3.8) is 0 Å². The summed E-state index contributed by atoms with van der Waals surface area (Å²) in [7, 11) is 0. The third-order valence-corrected chi connectivity index (χ3v) is 5.08. The summed E-state index contributed by atoms with van der Waals surface area (Å²) in [5, 5.41) is 3.49. The van der Waals surface area contributed by atoms with Crippen LogP contribution in [0, 0.1) is 6.92 Å². The molecule has 0 aliphatic carbocycles. The molecule has 28 heavy (non-hydrogen) atoms. The Morgan fingerprint density at radius 2 is 1.79 bits per heavy atom. The molecule has 3 rings (SSSR count).